The molecule has 0 heterocycles. The molecule has 18 heavy (non-hydrogen) atoms. The van der Waals surface area contributed by atoms with Gasteiger partial charge in [0.1, 0.15) is 17.7 Å². The molecule has 0 aromatic heterocycles. The second-order valence-corrected chi connectivity index (χ2v) is 4.91. The molecule has 0 aliphatic rings. The molecule has 1 aromatic rings. The van der Waals surface area contributed by atoms with E-state index in [9.17, 15) is 13.6 Å². The fourth-order valence-corrected chi connectivity index (χ4v) is 1.33. The van der Waals surface area contributed by atoms with Gasteiger partial charge in [-0.3, -0.25) is 4.79 Å². The van der Waals surface area contributed by atoms with Crippen LogP contribution in [0.4, 0.5) is 8.78 Å². The molecule has 0 atom stereocenters. The fourth-order valence-electron chi connectivity index (χ4n) is 1.33. The van der Waals surface area contributed by atoms with Crippen molar-refractivity contribution in [3.63, 3.8) is 0 Å². The van der Waals surface area contributed by atoms with Crippen molar-refractivity contribution in [3.05, 3.63) is 41.0 Å². The van der Waals surface area contributed by atoms with E-state index in [0.29, 0.717) is 6.07 Å². The minimum absolute atomic E-state index is 0.0190. The predicted molar refractivity (Wildman–Crippen MR) is 64.4 cm³/mol. The number of carbonyl (C=O) groups excluding carboxylic acids is 1. The Morgan fingerprint density at radius 2 is 1.94 bits per heavy atom. The van der Waals surface area contributed by atoms with Crippen molar-refractivity contribution in [1.82, 2.24) is 0 Å². The standard InChI is InChI=1S/C14H13F2NO/c1-14(2,3)13(18)10(8-17)6-9-4-5-11(15)7-12(9)16/h4-7H,1-3H3/b10-6+. The number of benzene rings is 1. The van der Waals surface area contributed by atoms with Crippen LogP contribution in [0.1, 0.15) is 26.3 Å². The van der Waals surface area contributed by atoms with Crippen LogP contribution in [0.15, 0.2) is 23.8 Å². The van der Waals surface area contributed by atoms with Crippen molar-refractivity contribution in [2.24, 2.45) is 5.41 Å². The Morgan fingerprint density at radius 1 is 1.33 bits per heavy atom. The summed E-state index contributed by atoms with van der Waals surface area (Å²) in [7, 11) is 0. The van der Waals surface area contributed by atoms with E-state index in [1.165, 1.54) is 6.07 Å². The number of hydrogen-bond donors (Lipinski definition) is 0. The molecule has 0 saturated carbocycles. The lowest BCUT2D eigenvalue weighted by Gasteiger charge is -2.15. The zero-order valence-electron chi connectivity index (χ0n) is 10.4. The van der Waals surface area contributed by atoms with Gasteiger partial charge in [-0.2, -0.15) is 5.26 Å². The SMILES string of the molecule is CC(C)(C)C(=O)/C(C#N)=C/c1ccc(F)cc1F. The highest BCUT2D eigenvalue weighted by molar-refractivity contribution is 6.06. The molecule has 2 nitrogen and oxygen atoms in total. The van der Waals surface area contributed by atoms with Crippen molar-refractivity contribution in [2.75, 3.05) is 0 Å². The number of hydrogen-bond acceptors (Lipinski definition) is 2. The Morgan fingerprint density at radius 3 is 2.39 bits per heavy atom. The van der Waals surface area contributed by atoms with E-state index in [0.717, 1.165) is 12.1 Å². The summed E-state index contributed by atoms with van der Waals surface area (Å²) in [4.78, 5) is 11.9. The quantitative estimate of drug-likeness (QED) is 0.594. The monoisotopic (exact) mass is 249 g/mol. The van der Waals surface area contributed by atoms with Crippen LogP contribution in [0.2, 0.25) is 0 Å². The predicted octanol–water partition coefficient (Wildman–Crippen LogP) is 3.49. The molecule has 1 rings (SSSR count). The molecule has 0 spiro atoms. The maximum absolute atomic E-state index is 13.4. The Labute approximate surface area is 105 Å². The van der Waals surface area contributed by atoms with Crippen molar-refractivity contribution < 1.29 is 13.6 Å². The topological polar surface area (TPSA) is 40.9 Å². The molecule has 4 heteroatoms. The van der Waals surface area contributed by atoms with E-state index < -0.39 is 17.0 Å². The smallest absolute Gasteiger partial charge is 0.178 e. The van der Waals surface area contributed by atoms with E-state index in [1.807, 2.05) is 0 Å². The largest absolute Gasteiger partial charge is 0.293 e. The van der Waals surface area contributed by atoms with Crippen LogP contribution in [0, 0.1) is 28.4 Å². The van der Waals surface area contributed by atoms with Gasteiger partial charge in [0.05, 0.1) is 5.57 Å². The molecule has 0 radical (unpaired) electrons. The molecule has 0 unspecified atom stereocenters. The molecule has 0 bridgehead atoms. The number of carbonyl (C=O) groups is 1. The first-order chi connectivity index (χ1) is 8.25. The number of nitrogens with zero attached hydrogens (tertiary/aromatic N) is 1. The van der Waals surface area contributed by atoms with Gasteiger partial charge < -0.3 is 0 Å². The van der Waals surface area contributed by atoms with E-state index in [2.05, 4.69) is 0 Å². The van der Waals surface area contributed by atoms with E-state index in [1.54, 1.807) is 26.8 Å². The molecular weight excluding hydrogens is 236 g/mol. The zero-order valence-corrected chi connectivity index (χ0v) is 10.4. The molecule has 0 saturated heterocycles. The number of Topliss-reactive ketones (excluding diaryl/α,β-unsaturated/α-hetero) is 1. The summed E-state index contributed by atoms with van der Waals surface area (Å²) in [6, 6.07) is 4.73. The lowest BCUT2D eigenvalue weighted by Crippen LogP contribution is -2.21. The number of allylic oxidation sites excluding steroid dienone is 1. The van der Waals surface area contributed by atoms with Crippen LogP contribution in [-0.2, 0) is 4.79 Å². The van der Waals surface area contributed by atoms with Crippen LogP contribution < -0.4 is 0 Å². The van der Waals surface area contributed by atoms with Crippen LogP contribution in [0.5, 0.6) is 0 Å². The third-order valence-corrected chi connectivity index (χ3v) is 2.31. The van der Waals surface area contributed by atoms with Crippen LogP contribution in [-0.4, -0.2) is 5.78 Å². The van der Waals surface area contributed by atoms with Crippen LogP contribution in [0.3, 0.4) is 0 Å². The Balaban J connectivity index is 3.22. The average molecular weight is 249 g/mol. The third kappa shape index (κ3) is 3.24. The van der Waals surface area contributed by atoms with Crippen LogP contribution >= 0.6 is 0 Å². The third-order valence-electron chi connectivity index (χ3n) is 2.31. The van der Waals surface area contributed by atoms with Crippen molar-refractivity contribution in [3.8, 4) is 6.07 Å². The van der Waals surface area contributed by atoms with Gasteiger partial charge in [-0.25, -0.2) is 8.78 Å². The Bertz CT molecular complexity index is 548. The normalized spacial score (nSPS) is 12.1. The Kier molecular flexibility index (Phi) is 3.97. The number of rotatable bonds is 2. The first-order valence-corrected chi connectivity index (χ1v) is 5.37. The van der Waals surface area contributed by atoms with E-state index in [4.69, 9.17) is 5.26 Å². The number of halogens is 2. The van der Waals surface area contributed by atoms with Crippen molar-refractivity contribution in [2.45, 2.75) is 20.8 Å². The lowest BCUT2D eigenvalue weighted by atomic mass is 9.86. The fraction of sp³-hybridized carbons (Fsp3) is 0.286. The van der Waals surface area contributed by atoms with E-state index in [-0.39, 0.29) is 16.9 Å². The summed E-state index contributed by atoms with van der Waals surface area (Å²) in [5, 5.41) is 8.93. The summed E-state index contributed by atoms with van der Waals surface area (Å²) in [6.45, 7) is 5.00. The van der Waals surface area contributed by atoms with Gasteiger partial charge in [-0.15, -0.1) is 0 Å². The molecule has 1 aromatic carbocycles. The van der Waals surface area contributed by atoms with Crippen molar-refractivity contribution in [1.29, 1.82) is 5.26 Å². The van der Waals surface area contributed by atoms with Gasteiger partial charge in [0.15, 0.2) is 5.78 Å². The first kappa shape index (κ1) is 14.0. The van der Waals surface area contributed by atoms with E-state index >= 15 is 0 Å². The average Bonchev–Trinajstić information content (AvgIpc) is 2.26. The first-order valence-electron chi connectivity index (χ1n) is 5.37. The Hall–Kier alpha value is -2.02. The van der Waals surface area contributed by atoms with Gasteiger partial charge in [-0.1, -0.05) is 20.8 Å². The molecule has 94 valence electrons. The summed E-state index contributed by atoms with van der Waals surface area (Å²) >= 11 is 0. The van der Waals surface area contributed by atoms with Crippen molar-refractivity contribution >= 4 is 11.9 Å². The highest BCUT2D eigenvalue weighted by Gasteiger charge is 2.25. The lowest BCUT2D eigenvalue weighted by molar-refractivity contribution is -0.121. The maximum atomic E-state index is 13.4. The summed E-state index contributed by atoms with van der Waals surface area (Å²) in [5.74, 6) is -1.89. The number of nitriles is 1. The second kappa shape index (κ2) is 5.09. The summed E-state index contributed by atoms with van der Waals surface area (Å²) in [5.41, 5.74) is -0.850. The van der Waals surface area contributed by atoms with Gasteiger partial charge in [0.25, 0.3) is 0 Å². The zero-order chi connectivity index (χ0) is 13.9. The molecule has 0 amide bonds. The highest BCUT2D eigenvalue weighted by Crippen LogP contribution is 2.22. The van der Waals surface area contributed by atoms with Crippen LogP contribution in [0.25, 0.3) is 6.08 Å². The van der Waals surface area contributed by atoms with Gasteiger partial charge >= 0.3 is 0 Å². The molecular formula is C14H13F2NO. The molecule has 0 aliphatic heterocycles. The molecule has 0 N–H and O–H groups in total. The van der Waals surface area contributed by atoms with Gasteiger partial charge in [0.2, 0.25) is 0 Å². The summed E-state index contributed by atoms with van der Waals surface area (Å²) < 4.78 is 26.1. The molecule has 0 aliphatic carbocycles. The number of ketones is 1. The summed E-state index contributed by atoms with van der Waals surface area (Å²) in [6.07, 6.45) is 1.14. The maximum Gasteiger partial charge on any atom is 0.178 e. The second-order valence-electron chi connectivity index (χ2n) is 4.91. The minimum atomic E-state index is -0.801. The minimum Gasteiger partial charge on any atom is -0.293 e. The molecule has 0 fully saturated rings. The van der Waals surface area contributed by atoms with Gasteiger partial charge in [-0.05, 0) is 18.2 Å². The highest BCUT2D eigenvalue weighted by atomic mass is 19.1. The van der Waals surface area contributed by atoms with Gasteiger partial charge in [0, 0.05) is 17.0 Å².